The summed E-state index contributed by atoms with van der Waals surface area (Å²) in [5.74, 6) is -0.866. The number of anilines is 2. The molecule has 1 aliphatic heterocycles. The van der Waals surface area contributed by atoms with Gasteiger partial charge in [0, 0.05) is 22.6 Å². The summed E-state index contributed by atoms with van der Waals surface area (Å²) >= 11 is 0. The second-order valence-electron chi connectivity index (χ2n) is 13.8. The topological polar surface area (TPSA) is 119 Å². The van der Waals surface area contributed by atoms with Crippen LogP contribution in [0.4, 0.5) is 16.2 Å². The van der Waals surface area contributed by atoms with Crippen molar-refractivity contribution in [2.45, 2.75) is 73.6 Å². The Morgan fingerprint density at radius 3 is 2.23 bits per heavy atom. The van der Waals surface area contributed by atoms with Crippen molar-refractivity contribution >= 4 is 40.8 Å². The summed E-state index contributed by atoms with van der Waals surface area (Å²) in [7, 11) is 0. The van der Waals surface area contributed by atoms with Gasteiger partial charge in [0.1, 0.15) is 6.54 Å². The molecule has 0 aromatic heterocycles. The lowest BCUT2D eigenvalue weighted by atomic mass is 9.68. The highest BCUT2D eigenvalue weighted by atomic mass is 16.4. The maximum Gasteiger partial charge on any atom is 0.345 e. The lowest BCUT2D eigenvalue weighted by molar-refractivity contribution is -0.136. The molecule has 0 atom stereocenters. The van der Waals surface area contributed by atoms with Crippen LogP contribution in [0.2, 0.25) is 0 Å². The molecule has 0 saturated heterocycles. The van der Waals surface area contributed by atoms with Crippen LogP contribution in [0.15, 0.2) is 53.6 Å². The van der Waals surface area contributed by atoms with Gasteiger partial charge in [0.25, 0.3) is 0 Å². The summed E-state index contributed by atoms with van der Waals surface area (Å²) in [4.78, 5) is 53.2. The van der Waals surface area contributed by atoms with Crippen molar-refractivity contribution in [2.75, 3.05) is 23.3 Å². The summed E-state index contributed by atoms with van der Waals surface area (Å²) in [6.07, 6.45) is 3.75. The van der Waals surface area contributed by atoms with Crippen LogP contribution >= 0.6 is 0 Å². The average molecular weight is 589 g/mol. The number of fused-ring (bicyclic) bond motifs is 1. The van der Waals surface area contributed by atoms with Crippen molar-refractivity contribution < 1.29 is 24.3 Å². The van der Waals surface area contributed by atoms with E-state index in [1.54, 1.807) is 24.3 Å². The van der Waals surface area contributed by atoms with Crippen molar-refractivity contribution in [3.63, 3.8) is 0 Å². The predicted molar refractivity (Wildman–Crippen MR) is 168 cm³/mol. The molecule has 1 aliphatic carbocycles. The number of carboxylic acid groups (broad SMARTS) is 1. The Morgan fingerprint density at radius 2 is 1.60 bits per heavy atom. The number of nitrogens with one attached hydrogen (secondary N) is 1. The monoisotopic (exact) mass is 588 g/mol. The summed E-state index contributed by atoms with van der Waals surface area (Å²) in [5, 5.41) is 18.0. The molecule has 1 saturated carbocycles. The van der Waals surface area contributed by atoms with E-state index in [1.807, 2.05) is 45.0 Å². The molecule has 9 nitrogen and oxygen atoms in total. The first-order chi connectivity index (χ1) is 20.1. The van der Waals surface area contributed by atoms with Crippen molar-refractivity contribution in [2.24, 2.45) is 27.8 Å². The van der Waals surface area contributed by atoms with Gasteiger partial charge < -0.3 is 10.4 Å². The fourth-order valence-electron chi connectivity index (χ4n) is 5.84. The van der Waals surface area contributed by atoms with Gasteiger partial charge in [-0.15, -0.1) is 0 Å². The van der Waals surface area contributed by atoms with Crippen LogP contribution in [-0.2, 0) is 20.8 Å². The first kappa shape index (κ1) is 31.9. The number of carbonyl (C=O) groups excluding carboxylic acids is 3. The lowest BCUT2D eigenvalue weighted by Gasteiger charge is -2.37. The van der Waals surface area contributed by atoms with E-state index >= 15 is 0 Å². The van der Waals surface area contributed by atoms with Gasteiger partial charge in [0.2, 0.25) is 5.91 Å². The zero-order chi connectivity index (χ0) is 31.5. The molecule has 2 aliphatic rings. The highest BCUT2D eigenvalue weighted by Crippen LogP contribution is 2.42. The Hall–Kier alpha value is -4.01. The number of carbonyl (C=O) groups is 4. The maximum absolute atomic E-state index is 14.1. The van der Waals surface area contributed by atoms with E-state index in [4.69, 9.17) is 10.2 Å². The van der Waals surface area contributed by atoms with Gasteiger partial charge in [-0.25, -0.2) is 9.80 Å². The predicted octanol–water partition coefficient (Wildman–Crippen LogP) is 6.37. The number of rotatable bonds is 8. The molecule has 2 aromatic carbocycles. The minimum atomic E-state index is -0.971. The van der Waals surface area contributed by atoms with Gasteiger partial charge in [-0.05, 0) is 60.8 Å². The number of hydrazone groups is 1. The van der Waals surface area contributed by atoms with Gasteiger partial charge >= 0.3 is 12.0 Å². The number of Topliss-reactive ketones (excluding diaryl/α,β-unsaturated/α-hetero) is 1. The van der Waals surface area contributed by atoms with Crippen LogP contribution in [0.5, 0.6) is 0 Å². The number of urea groups is 1. The Bertz CT molecular complexity index is 1410. The van der Waals surface area contributed by atoms with Crippen molar-refractivity contribution in [3.05, 3.63) is 59.7 Å². The molecule has 2 aromatic rings. The molecule has 2 N–H and O–H groups in total. The van der Waals surface area contributed by atoms with Crippen molar-refractivity contribution in [1.29, 1.82) is 0 Å². The summed E-state index contributed by atoms with van der Waals surface area (Å²) in [5.41, 5.74) is 2.70. The number of amides is 3. The molecule has 0 unspecified atom stereocenters. The third-order valence-corrected chi connectivity index (χ3v) is 8.49. The molecular formula is C34H44N4O5. The zero-order valence-corrected chi connectivity index (χ0v) is 26.1. The molecular weight excluding hydrogens is 544 g/mol. The number of hydrogen-bond donors (Lipinski definition) is 2. The van der Waals surface area contributed by atoms with Crippen LogP contribution in [0.25, 0.3) is 0 Å². The van der Waals surface area contributed by atoms with Crippen molar-refractivity contribution in [3.8, 4) is 0 Å². The molecule has 9 heteroatoms. The van der Waals surface area contributed by atoms with Crippen LogP contribution in [-0.4, -0.2) is 52.6 Å². The average Bonchev–Trinajstić information content (AvgIpc) is 3.02. The Morgan fingerprint density at radius 1 is 0.930 bits per heavy atom. The quantitative estimate of drug-likeness (QED) is 0.372. The fraction of sp³-hybridized carbons (Fsp3) is 0.500. The highest BCUT2D eigenvalue weighted by Gasteiger charge is 2.38. The number of ketones is 1. The number of para-hydroxylation sites is 1. The maximum atomic E-state index is 14.1. The lowest BCUT2D eigenvalue weighted by Crippen LogP contribution is -2.47. The van der Waals surface area contributed by atoms with E-state index in [-0.39, 0.29) is 36.6 Å². The molecule has 0 radical (unpaired) electrons. The van der Waals surface area contributed by atoms with Gasteiger partial charge in [0.15, 0.2) is 5.78 Å². The highest BCUT2D eigenvalue weighted by molar-refractivity contribution is 6.13. The second kappa shape index (κ2) is 12.7. The minimum Gasteiger partial charge on any atom is -0.481 e. The van der Waals surface area contributed by atoms with Crippen LogP contribution in [0.1, 0.15) is 78.4 Å². The Kier molecular flexibility index (Phi) is 9.42. The van der Waals surface area contributed by atoms with E-state index in [0.29, 0.717) is 22.9 Å². The number of aliphatic carboxylic acids is 1. The zero-order valence-electron chi connectivity index (χ0n) is 26.1. The molecule has 1 heterocycles. The molecule has 43 heavy (non-hydrogen) atoms. The number of hydrogen-bond acceptors (Lipinski definition) is 5. The van der Waals surface area contributed by atoms with E-state index in [9.17, 15) is 19.2 Å². The fourth-order valence-corrected chi connectivity index (χ4v) is 5.84. The number of nitrogens with zero attached hydrogens (tertiary/aromatic N) is 3. The SMILES string of the molecule is CC(C)(C)C(=O)CN1C(=O)N(CC(=O)Nc2cccc(CC(=O)O)c2)N=C(C2CCC(C(C)(C)C)CC2)c2ccccc21. The van der Waals surface area contributed by atoms with E-state index in [0.717, 1.165) is 37.0 Å². The van der Waals surface area contributed by atoms with Gasteiger partial charge in [-0.2, -0.15) is 5.10 Å². The molecule has 0 bridgehead atoms. The van der Waals surface area contributed by atoms with Gasteiger partial charge in [0.05, 0.1) is 24.4 Å². The van der Waals surface area contributed by atoms with E-state index in [2.05, 4.69) is 26.1 Å². The largest absolute Gasteiger partial charge is 0.481 e. The first-order valence-electron chi connectivity index (χ1n) is 15.0. The molecule has 1 fully saturated rings. The number of carboxylic acids is 1. The summed E-state index contributed by atoms with van der Waals surface area (Å²) in [6, 6.07) is 13.6. The third kappa shape index (κ3) is 7.89. The normalized spacial score (nSPS) is 19.3. The van der Waals surface area contributed by atoms with Gasteiger partial charge in [-0.1, -0.05) is 71.9 Å². The molecule has 230 valence electrons. The van der Waals surface area contributed by atoms with Crippen LogP contribution in [0.3, 0.4) is 0 Å². The molecule has 3 amide bonds. The minimum absolute atomic E-state index is 0.101. The number of benzene rings is 2. The molecule has 0 spiro atoms. The van der Waals surface area contributed by atoms with E-state index in [1.165, 1.54) is 9.91 Å². The van der Waals surface area contributed by atoms with E-state index < -0.39 is 23.3 Å². The standard InChI is InChI=1S/C34H44N4O5/c1-33(2,3)24-16-14-23(15-17-24)31-26-12-7-8-13-27(26)37(20-28(39)34(4,5)6)32(43)38(36-31)21-29(40)35-25-11-9-10-22(18-25)19-30(41)42/h7-13,18,23-24H,14-17,19-21H2,1-6H3,(H,35,40)(H,41,42). The van der Waals surface area contributed by atoms with Gasteiger partial charge in [-0.3, -0.25) is 19.3 Å². The molecule has 4 rings (SSSR count). The van der Waals surface area contributed by atoms with Crippen molar-refractivity contribution in [1.82, 2.24) is 5.01 Å². The van der Waals surface area contributed by atoms with Crippen LogP contribution in [0, 0.1) is 22.7 Å². The second-order valence-corrected chi connectivity index (χ2v) is 13.8. The first-order valence-corrected chi connectivity index (χ1v) is 15.0. The Balaban J connectivity index is 1.68. The Labute approximate surface area is 254 Å². The summed E-state index contributed by atoms with van der Waals surface area (Å²) < 4.78 is 0. The van der Waals surface area contributed by atoms with Crippen LogP contribution < -0.4 is 10.2 Å². The summed E-state index contributed by atoms with van der Waals surface area (Å²) in [6.45, 7) is 11.8. The third-order valence-electron chi connectivity index (χ3n) is 8.49. The smallest absolute Gasteiger partial charge is 0.345 e.